The summed E-state index contributed by atoms with van der Waals surface area (Å²) in [6.45, 7) is 0.755. The third-order valence-electron chi connectivity index (χ3n) is 4.55. The van der Waals surface area contributed by atoms with Gasteiger partial charge in [-0.3, -0.25) is 4.79 Å². The van der Waals surface area contributed by atoms with E-state index in [0.717, 1.165) is 28.9 Å². The van der Waals surface area contributed by atoms with Gasteiger partial charge in [0.2, 0.25) is 0 Å². The summed E-state index contributed by atoms with van der Waals surface area (Å²) in [6.07, 6.45) is 0.875. The molecule has 4 aromatic rings. The van der Waals surface area contributed by atoms with Crippen molar-refractivity contribution in [2.24, 2.45) is 0 Å². The van der Waals surface area contributed by atoms with Crippen LogP contribution in [-0.4, -0.2) is 17.6 Å². The number of carbonyl (C=O) groups is 1. The molecule has 0 fully saturated rings. The fourth-order valence-corrected chi connectivity index (χ4v) is 4.01. The molecule has 1 amide bonds. The quantitative estimate of drug-likeness (QED) is 0.502. The molecule has 1 N–H and O–H groups in total. The maximum atomic E-state index is 12.9. The van der Waals surface area contributed by atoms with Crippen LogP contribution in [0.2, 0.25) is 0 Å². The van der Waals surface area contributed by atoms with Gasteiger partial charge in [-0.1, -0.05) is 36.4 Å². The predicted molar refractivity (Wildman–Crippen MR) is 111 cm³/mol. The predicted octanol–water partition coefficient (Wildman–Crippen LogP) is 5.21. The van der Waals surface area contributed by atoms with Gasteiger partial charge in [-0.25, -0.2) is 0 Å². The Kier molecular flexibility index (Phi) is 4.94. The van der Waals surface area contributed by atoms with Crippen LogP contribution in [0, 0.1) is 0 Å². The molecule has 0 aliphatic rings. The second-order valence-corrected chi connectivity index (χ2v) is 7.22. The van der Waals surface area contributed by atoms with Gasteiger partial charge < -0.3 is 14.6 Å². The molecule has 0 saturated heterocycles. The summed E-state index contributed by atoms with van der Waals surface area (Å²) in [6, 6.07) is 21.8. The number of carbonyl (C=O) groups excluding carboxylic acids is 1. The van der Waals surface area contributed by atoms with E-state index >= 15 is 0 Å². The molecule has 0 radical (unpaired) electrons. The number of hydrogen-bond acceptors (Lipinski definition) is 3. The average molecular weight is 376 g/mol. The Hall–Kier alpha value is -3.05. The third kappa shape index (κ3) is 3.73. The lowest BCUT2D eigenvalue weighted by molar-refractivity contribution is 0.101. The molecule has 4 nitrogen and oxygen atoms in total. The molecule has 2 heterocycles. The Morgan fingerprint density at radius 3 is 2.74 bits per heavy atom. The minimum atomic E-state index is -0.111. The van der Waals surface area contributed by atoms with Crippen LogP contribution in [0.4, 0.5) is 5.69 Å². The SMILES string of the molecule is COc1cccc(NC(=O)c2cc3sccc3n2CCc2ccccc2)c1. The van der Waals surface area contributed by atoms with E-state index in [1.807, 2.05) is 48.5 Å². The first-order valence-corrected chi connectivity index (χ1v) is 9.68. The number of aromatic nitrogens is 1. The van der Waals surface area contributed by atoms with Crippen molar-refractivity contribution in [3.05, 3.63) is 83.4 Å². The summed E-state index contributed by atoms with van der Waals surface area (Å²) >= 11 is 1.65. The highest BCUT2D eigenvalue weighted by molar-refractivity contribution is 7.17. The Labute approximate surface area is 162 Å². The zero-order chi connectivity index (χ0) is 18.6. The van der Waals surface area contributed by atoms with Gasteiger partial charge in [0.1, 0.15) is 11.4 Å². The van der Waals surface area contributed by atoms with Crippen molar-refractivity contribution in [3.8, 4) is 5.75 Å². The molecular formula is C22H20N2O2S. The zero-order valence-corrected chi connectivity index (χ0v) is 15.8. The number of ether oxygens (including phenoxy) is 1. The molecule has 2 aromatic carbocycles. The maximum absolute atomic E-state index is 12.9. The monoisotopic (exact) mass is 376 g/mol. The zero-order valence-electron chi connectivity index (χ0n) is 15.0. The molecule has 0 unspecified atom stereocenters. The van der Waals surface area contributed by atoms with Crippen molar-refractivity contribution in [3.63, 3.8) is 0 Å². The van der Waals surface area contributed by atoms with Crippen LogP contribution >= 0.6 is 11.3 Å². The molecule has 0 aliphatic carbocycles. The highest BCUT2D eigenvalue weighted by atomic mass is 32.1. The number of methoxy groups -OCH3 is 1. The first-order valence-electron chi connectivity index (χ1n) is 8.80. The largest absolute Gasteiger partial charge is 0.497 e. The molecule has 5 heteroatoms. The van der Waals surface area contributed by atoms with Gasteiger partial charge in [0, 0.05) is 18.3 Å². The van der Waals surface area contributed by atoms with Gasteiger partial charge >= 0.3 is 0 Å². The van der Waals surface area contributed by atoms with E-state index in [9.17, 15) is 4.79 Å². The van der Waals surface area contributed by atoms with Gasteiger partial charge in [0.25, 0.3) is 5.91 Å². The van der Waals surface area contributed by atoms with Crippen LogP contribution in [0.1, 0.15) is 16.1 Å². The average Bonchev–Trinajstić information content (AvgIpc) is 3.29. The van der Waals surface area contributed by atoms with E-state index in [4.69, 9.17) is 4.74 Å². The van der Waals surface area contributed by atoms with Crippen LogP contribution in [0.5, 0.6) is 5.75 Å². The fraction of sp³-hybridized carbons (Fsp3) is 0.136. The summed E-state index contributed by atoms with van der Waals surface area (Å²) in [7, 11) is 1.61. The maximum Gasteiger partial charge on any atom is 0.272 e. The van der Waals surface area contributed by atoms with Crippen molar-refractivity contribution in [1.82, 2.24) is 4.57 Å². The Morgan fingerprint density at radius 1 is 1.07 bits per heavy atom. The van der Waals surface area contributed by atoms with Crippen molar-refractivity contribution < 1.29 is 9.53 Å². The molecule has 2 aromatic heterocycles. The number of benzene rings is 2. The molecule has 0 atom stereocenters. The number of amides is 1. The van der Waals surface area contributed by atoms with Crippen molar-refractivity contribution in [2.75, 3.05) is 12.4 Å². The molecule has 27 heavy (non-hydrogen) atoms. The van der Waals surface area contributed by atoms with E-state index in [-0.39, 0.29) is 5.91 Å². The summed E-state index contributed by atoms with van der Waals surface area (Å²) in [4.78, 5) is 12.9. The van der Waals surface area contributed by atoms with Crippen LogP contribution in [-0.2, 0) is 13.0 Å². The second kappa shape index (κ2) is 7.68. The Bertz CT molecular complexity index is 1070. The molecule has 4 rings (SSSR count). The third-order valence-corrected chi connectivity index (χ3v) is 5.40. The van der Waals surface area contributed by atoms with Crippen molar-refractivity contribution >= 4 is 33.1 Å². The number of nitrogens with zero attached hydrogens (tertiary/aromatic N) is 1. The molecule has 136 valence electrons. The lowest BCUT2D eigenvalue weighted by Gasteiger charge is -2.11. The van der Waals surface area contributed by atoms with Crippen LogP contribution in [0.15, 0.2) is 72.1 Å². The van der Waals surface area contributed by atoms with E-state index in [1.54, 1.807) is 18.4 Å². The van der Waals surface area contributed by atoms with Gasteiger partial charge in [-0.05, 0) is 41.6 Å². The molecule has 0 spiro atoms. The minimum Gasteiger partial charge on any atom is -0.497 e. The topological polar surface area (TPSA) is 43.3 Å². The van der Waals surface area contributed by atoms with Crippen molar-refractivity contribution in [2.45, 2.75) is 13.0 Å². The van der Waals surface area contributed by atoms with E-state index < -0.39 is 0 Å². The summed E-state index contributed by atoms with van der Waals surface area (Å²) in [5, 5.41) is 5.05. The normalized spacial score (nSPS) is 10.9. The highest BCUT2D eigenvalue weighted by Gasteiger charge is 2.17. The highest BCUT2D eigenvalue weighted by Crippen LogP contribution is 2.27. The smallest absolute Gasteiger partial charge is 0.272 e. The molecule has 0 aliphatic heterocycles. The number of thiophene rings is 1. The van der Waals surface area contributed by atoms with Gasteiger partial charge in [-0.15, -0.1) is 11.3 Å². The van der Waals surface area contributed by atoms with Gasteiger partial charge in [0.15, 0.2) is 0 Å². The summed E-state index contributed by atoms with van der Waals surface area (Å²) in [5.74, 6) is 0.605. The van der Waals surface area contributed by atoms with E-state index in [2.05, 4.69) is 33.5 Å². The standard InChI is InChI=1S/C22H20N2O2S/c1-26-18-9-5-8-17(14-18)23-22(25)20-15-21-19(11-13-27-21)24(20)12-10-16-6-3-2-4-7-16/h2-9,11,13-15H,10,12H2,1H3,(H,23,25). The number of hydrogen-bond donors (Lipinski definition) is 1. The van der Waals surface area contributed by atoms with Crippen LogP contribution < -0.4 is 10.1 Å². The first kappa shape index (κ1) is 17.4. The van der Waals surface area contributed by atoms with E-state index in [1.165, 1.54) is 5.56 Å². The Morgan fingerprint density at radius 2 is 1.93 bits per heavy atom. The van der Waals surface area contributed by atoms with E-state index in [0.29, 0.717) is 11.4 Å². The number of fused-ring (bicyclic) bond motifs is 1. The lowest BCUT2D eigenvalue weighted by Crippen LogP contribution is -2.17. The van der Waals surface area contributed by atoms with Gasteiger partial charge in [-0.2, -0.15) is 0 Å². The number of nitrogens with one attached hydrogen (secondary N) is 1. The molecule has 0 bridgehead atoms. The first-order chi connectivity index (χ1) is 13.2. The van der Waals surface area contributed by atoms with Crippen molar-refractivity contribution in [1.29, 1.82) is 0 Å². The van der Waals surface area contributed by atoms with Gasteiger partial charge in [0.05, 0.1) is 17.3 Å². The summed E-state index contributed by atoms with van der Waals surface area (Å²) in [5.41, 5.74) is 3.76. The second-order valence-electron chi connectivity index (χ2n) is 6.27. The molecule has 0 saturated carbocycles. The Balaban J connectivity index is 1.60. The summed E-state index contributed by atoms with van der Waals surface area (Å²) < 4.78 is 8.46. The number of aryl methyl sites for hydroxylation is 2. The number of anilines is 1. The fourth-order valence-electron chi connectivity index (χ4n) is 3.19. The minimum absolute atomic E-state index is 0.111. The van der Waals surface area contributed by atoms with Crippen LogP contribution in [0.25, 0.3) is 10.2 Å². The molecular weight excluding hydrogens is 356 g/mol. The van der Waals surface area contributed by atoms with Crippen LogP contribution in [0.3, 0.4) is 0 Å². The lowest BCUT2D eigenvalue weighted by atomic mass is 10.1. The number of rotatable bonds is 6.